The lowest BCUT2D eigenvalue weighted by atomic mass is 10.1. The van der Waals surface area contributed by atoms with Gasteiger partial charge >= 0.3 is 0 Å². The Morgan fingerprint density at radius 1 is 1.35 bits per heavy atom. The summed E-state index contributed by atoms with van der Waals surface area (Å²) in [5, 5.41) is 11.2. The molecule has 1 amide bonds. The van der Waals surface area contributed by atoms with Gasteiger partial charge in [-0.2, -0.15) is 5.10 Å². The van der Waals surface area contributed by atoms with E-state index in [1.54, 1.807) is 0 Å². The van der Waals surface area contributed by atoms with E-state index in [0.717, 1.165) is 39.1 Å². The smallest absolute Gasteiger partial charge is 0.274 e. The van der Waals surface area contributed by atoms with E-state index < -0.39 is 0 Å². The van der Waals surface area contributed by atoms with Crippen LogP contribution in [0.5, 0.6) is 0 Å². The molecule has 1 aromatic rings. The number of nitrogens with one attached hydrogen (secondary N) is 2. The molecule has 2 saturated heterocycles. The molecule has 0 radical (unpaired) electrons. The molecule has 0 spiro atoms. The predicted octanol–water partition coefficient (Wildman–Crippen LogP) is 0.242. The summed E-state index contributed by atoms with van der Waals surface area (Å²) in [6.07, 6.45) is 4.24. The highest BCUT2D eigenvalue weighted by Crippen LogP contribution is 2.17. The fourth-order valence-electron chi connectivity index (χ4n) is 3.00. The van der Waals surface area contributed by atoms with Gasteiger partial charge in [0.15, 0.2) is 0 Å². The van der Waals surface area contributed by atoms with E-state index in [0.29, 0.717) is 11.7 Å². The lowest BCUT2D eigenvalue weighted by Gasteiger charge is -2.33. The van der Waals surface area contributed by atoms with Crippen molar-refractivity contribution >= 4 is 5.91 Å². The van der Waals surface area contributed by atoms with Crippen molar-refractivity contribution in [3.63, 3.8) is 0 Å². The quantitative estimate of drug-likeness (QED) is 0.813. The molecule has 3 rings (SSSR count). The maximum Gasteiger partial charge on any atom is 0.274 e. The standard InChI is InChI=1S/C14H23N5O/c1-11-9-16-6-8-18(11)14(20)13-4-7-19(17-13)12-3-2-5-15-10-12/h4,7,11-12,15-16H,2-3,5-6,8-10H2,1H3/t11-,12-/m0/s1. The highest BCUT2D eigenvalue weighted by molar-refractivity contribution is 5.92. The third-order valence-electron chi connectivity index (χ3n) is 4.23. The Hall–Kier alpha value is -1.40. The van der Waals surface area contributed by atoms with Gasteiger partial charge in [-0.05, 0) is 32.4 Å². The molecule has 0 aromatic carbocycles. The van der Waals surface area contributed by atoms with Gasteiger partial charge in [-0.25, -0.2) is 0 Å². The molecule has 20 heavy (non-hydrogen) atoms. The number of hydrogen-bond donors (Lipinski definition) is 2. The van der Waals surface area contributed by atoms with Crippen molar-refractivity contribution in [1.29, 1.82) is 0 Å². The van der Waals surface area contributed by atoms with Crippen LogP contribution in [0.2, 0.25) is 0 Å². The minimum Gasteiger partial charge on any atom is -0.332 e. The van der Waals surface area contributed by atoms with Crippen LogP contribution in [0.3, 0.4) is 0 Å². The number of aromatic nitrogens is 2. The fourth-order valence-corrected chi connectivity index (χ4v) is 3.00. The number of carbonyl (C=O) groups excluding carboxylic acids is 1. The maximum atomic E-state index is 12.5. The Balaban J connectivity index is 1.70. The molecule has 0 bridgehead atoms. The summed E-state index contributed by atoms with van der Waals surface area (Å²) in [7, 11) is 0. The SMILES string of the molecule is C[C@H]1CNCCN1C(=O)c1ccn([C@H]2CCCNC2)n1. The number of nitrogens with zero attached hydrogens (tertiary/aromatic N) is 3. The zero-order chi connectivity index (χ0) is 13.9. The van der Waals surface area contributed by atoms with E-state index in [1.807, 2.05) is 21.8 Å². The normalized spacial score (nSPS) is 27.6. The van der Waals surface area contributed by atoms with E-state index in [2.05, 4.69) is 22.7 Å². The second-order valence-electron chi connectivity index (χ2n) is 5.73. The van der Waals surface area contributed by atoms with Crippen molar-refractivity contribution in [2.75, 3.05) is 32.7 Å². The largest absolute Gasteiger partial charge is 0.332 e. The third-order valence-corrected chi connectivity index (χ3v) is 4.23. The molecule has 110 valence electrons. The summed E-state index contributed by atoms with van der Waals surface area (Å²) >= 11 is 0. The van der Waals surface area contributed by atoms with Gasteiger partial charge in [0.2, 0.25) is 0 Å². The Morgan fingerprint density at radius 3 is 2.95 bits per heavy atom. The molecule has 6 nitrogen and oxygen atoms in total. The van der Waals surface area contributed by atoms with Crippen LogP contribution in [0.25, 0.3) is 0 Å². The van der Waals surface area contributed by atoms with Crippen LogP contribution in [-0.2, 0) is 0 Å². The molecule has 0 aliphatic carbocycles. The number of piperazine rings is 1. The van der Waals surface area contributed by atoms with Crippen LogP contribution in [-0.4, -0.2) is 59.4 Å². The van der Waals surface area contributed by atoms with Crippen LogP contribution in [0.4, 0.5) is 0 Å². The Morgan fingerprint density at radius 2 is 2.20 bits per heavy atom. The van der Waals surface area contributed by atoms with Gasteiger partial charge in [0.1, 0.15) is 5.69 Å². The van der Waals surface area contributed by atoms with Gasteiger partial charge in [0.05, 0.1) is 6.04 Å². The second-order valence-corrected chi connectivity index (χ2v) is 5.73. The number of amides is 1. The van der Waals surface area contributed by atoms with Crippen LogP contribution < -0.4 is 10.6 Å². The van der Waals surface area contributed by atoms with E-state index in [9.17, 15) is 4.79 Å². The van der Waals surface area contributed by atoms with E-state index in [4.69, 9.17) is 0 Å². The Bertz CT molecular complexity index is 466. The van der Waals surface area contributed by atoms with Gasteiger partial charge in [0, 0.05) is 38.4 Å². The van der Waals surface area contributed by atoms with Gasteiger partial charge in [0.25, 0.3) is 5.91 Å². The first-order valence-corrected chi connectivity index (χ1v) is 7.53. The first-order valence-electron chi connectivity index (χ1n) is 7.53. The maximum absolute atomic E-state index is 12.5. The molecule has 1 aromatic heterocycles. The topological polar surface area (TPSA) is 62.2 Å². The molecule has 2 N–H and O–H groups in total. The average molecular weight is 277 g/mol. The number of piperidine rings is 1. The molecular formula is C14H23N5O. The van der Waals surface area contributed by atoms with Crippen molar-refractivity contribution < 1.29 is 4.79 Å². The lowest BCUT2D eigenvalue weighted by molar-refractivity contribution is 0.0648. The summed E-state index contributed by atoms with van der Waals surface area (Å²) in [6.45, 7) is 6.59. The minimum absolute atomic E-state index is 0.0570. The summed E-state index contributed by atoms with van der Waals surface area (Å²) < 4.78 is 1.95. The van der Waals surface area contributed by atoms with Gasteiger partial charge in [-0.3, -0.25) is 9.48 Å². The number of hydrogen-bond acceptors (Lipinski definition) is 4. The van der Waals surface area contributed by atoms with Gasteiger partial charge in [-0.15, -0.1) is 0 Å². The highest BCUT2D eigenvalue weighted by atomic mass is 16.2. The predicted molar refractivity (Wildman–Crippen MR) is 76.7 cm³/mol. The van der Waals surface area contributed by atoms with E-state index in [-0.39, 0.29) is 11.9 Å². The third kappa shape index (κ3) is 2.71. The van der Waals surface area contributed by atoms with Crippen LogP contribution in [0.15, 0.2) is 12.3 Å². The first kappa shape index (κ1) is 13.6. The van der Waals surface area contributed by atoms with Crippen LogP contribution in [0, 0.1) is 0 Å². The molecule has 3 heterocycles. The van der Waals surface area contributed by atoms with Gasteiger partial charge < -0.3 is 15.5 Å². The molecule has 6 heteroatoms. The fraction of sp³-hybridized carbons (Fsp3) is 0.714. The molecule has 2 aliphatic heterocycles. The zero-order valence-electron chi connectivity index (χ0n) is 12.0. The number of rotatable bonds is 2. The van der Waals surface area contributed by atoms with E-state index >= 15 is 0 Å². The molecule has 2 aliphatic rings. The van der Waals surface area contributed by atoms with Crippen molar-refractivity contribution in [3.05, 3.63) is 18.0 Å². The first-order chi connectivity index (χ1) is 9.75. The summed E-state index contributed by atoms with van der Waals surface area (Å²) in [4.78, 5) is 14.4. The summed E-state index contributed by atoms with van der Waals surface area (Å²) in [5.41, 5.74) is 0.573. The zero-order valence-corrected chi connectivity index (χ0v) is 12.0. The van der Waals surface area contributed by atoms with Gasteiger partial charge in [-0.1, -0.05) is 0 Å². The summed E-state index contributed by atoms with van der Waals surface area (Å²) in [5.74, 6) is 0.0570. The number of carbonyl (C=O) groups is 1. The van der Waals surface area contributed by atoms with Crippen molar-refractivity contribution in [3.8, 4) is 0 Å². The van der Waals surface area contributed by atoms with Crippen molar-refractivity contribution in [2.24, 2.45) is 0 Å². The summed E-state index contributed by atoms with van der Waals surface area (Å²) in [6, 6.07) is 2.47. The highest BCUT2D eigenvalue weighted by Gasteiger charge is 2.26. The molecule has 2 atom stereocenters. The molecule has 0 unspecified atom stereocenters. The Labute approximate surface area is 119 Å². The minimum atomic E-state index is 0.0570. The van der Waals surface area contributed by atoms with Crippen molar-refractivity contribution in [2.45, 2.75) is 31.8 Å². The van der Waals surface area contributed by atoms with Crippen molar-refractivity contribution in [1.82, 2.24) is 25.3 Å². The van der Waals surface area contributed by atoms with Crippen LogP contribution in [0.1, 0.15) is 36.3 Å². The molecular weight excluding hydrogens is 254 g/mol. The lowest BCUT2D eigenvalue weighted by Crippen LogP contribution is -2.52. The molecule has 2 fully saturated rings. The second kappa shape index (κ2) is 5.93. The monoisotopic (exact) mass is 277 g/mol. The van der Waals surface area contributed by atoms with E-state index in [1.165, 1.54) is 6.42 Å². The molecule has 0 saturated carbocycles. The Kier molecular flexibility index (Phi) is 4.03. The average Bonchev–Trinajstić information content (AvgIpc) is 2.98. The van der Waals surface area contributed by atoms with Crippen LogP contribution >= 0.6 is 0 Å².